The van der Waals surface area contributed by atoms with Crippen LogP contribution in [-0.2, 0) is 0 Å². The number of ether oxygens (including phenoxy) is 1. The number of nitrogens with zero attached hydrogens (tertiary/aromatic N) is 2. The van der Waals surface area contributed by atoms with Crippen LogP contribution in [0.5, 0.6) is 5.88 Å². The zero-order chi connectivity index (χ0) is 25.3. The van der Waals surface area contributed by atoms with Gasteiger partial charge in [-0.3, -0.25) is 14.4 Å². The molecule has 178 valence electrons. The Hall–Kier alpha value is -5.04. The summed E-state index contributed by atoms with van der Waals surface area (Å²) < 4.78 is 13.7. The van der Waals surface area contributed by atoms with Gasteiger partial charge in [-0.25, -0.2) is 4.68 Å². The van der Waals surface area contributed by atoms with Crippen LogP contribution in [0.1, 0.15) is 43.5 Å². The Balaban J connectivity index is 1.56. The van der Waals surface area contributed by atoms with Crippen molar-refractivity contribution in [3.05, 3.63) is 135 Å². The first kappa shape index (κ1) is 21.3. The van der Waals surface area contributed by atoms with Crippen molar-refractivity contribution < 1.29 is 18.7 Å². The van der Waals surface area contributed by atoms with Crippen LogP contribution in [-0.4, -0.2) is 21.3 Å². The van der Waals surface area contributed by atoms with Crippen LogP contribution in [0.15, 0.2) is 106 Å². The molecule has 1 aliphatic heterocycles. The molecule has 1 atom stereocenters. The minimum absolute atomic E-state index is 0.0918. The molecule has 37 heavy (non-hydrogen) atoms. The Morgan fingerprint density at radius 3 is 2.27 bits per heavy atom. The molecule has 0 radical (unpaired) electrons. The maximum atomic E-state index is 13.9. The number of hydrogen-bond donors (Lipinski definition) is 0. The molecule has 7 heteroatoms. The largest absolute Gasteiger partial charge is 0.464 e. The van der Waals surface area contributed by atoms with Crippen LogP contribution in [0.3, 0.4) is 0 Å². The summed E-state index contributed by atoms with van der Waals surface area (Å²) >= 11 is 0. The van der Waals surface area contributed by atoms with Crippen LogP contribution in [0, 0.1) is 6.92 Å². The van der Waals surface area contributed by atoms with E-state index in [1.165, 1.54) is 6.26 Å². The molecule has 1 unspecified atom stereocenters. The molecule has 2 aliphatic rings. The van der Waals surface area contributed by atoms with Crippen LogP contribution in [0.4, 0.5) is 0 Å². The van der Waals surface area contributed by atoms with Gasteiger partial charge in [0.15, 0.2) is 17.0 Å². The number of Topliss-reactive ketones (excluding diaryl/α,β-unsaturated/α-hetero) is 2. The molecular weight excluding hydrogens is 468 g/mol. The third-order valence-electron chi connectivity index (χ3n) is 6.97. The zero-order valence-corrected chi connectivity index (χ0v) is 19.6. The van der Waals surface area contributed by atoms with E-state index in [0.717, 1.165) is 5.69 Å². The number of ketones is 2. The maximum absolute atomic E-state index is 13.9. The first-order chi connectivity index (χ1) is 18.0. The highest BCUT2D eigenvalue weighted by molar-refractivity contribution is 6.27. The topological polar surface area (TPSA) is 91.4 Å². The lowest BCUT2D eigenvalue weighted by Gasteiger charge is -2.31. The molecule has 5 aromatic rings. The van der Waals surface area contributed by atoms with Gasteiger partial charge in [0.05, 0.1) is 40.1 Å². The molecule has 2 aromatic heterocycles. The van der Waals surface area contributed by atoms with Gasteiger partial charge < -0.3 is 9.15 Å². The lowest BCUT2D eigenvalue weighted by molar-refractivity contribution is 0.0924. The van der Waals surface area contributed by atoms with Crippen molar-refractivity contribution in [3.8, 4) is 11.6 Å². The predicted octanol–water partition coefficient (Wildman–Crippen LogP) is 5.14. The van der Waals surface area contributed by atoms with Gasteiger partial charge in [0.2, 0.25) is 11.7 Å². The van der Waals surface area contributed by atoms with Crippen LogP contribution >= 0.6 is 0 Å². The number of carbonyl (C=O) groups is 2. The third kappa shape index (κ3) is 2.94. The maximum Gasteiger partial charge on any atom is 0.229 e. The van der Waals surface area contributed by atoms with Crippen molar-refractivity contribution in [2.45, 2.75) is 12.8 Å². The molecular formula is C30H18N2O5. The molecule has 0 saturated carbocycles. The number of allylic oxidation sites excluding steroid dienone is 2. The molecule has 0 saturated heterocycles. The molecule has 0 fully saturated rings. The molecule has 3 heterocycles. The fourth-order valence-electron chi connectivity index (χ4n) is 5.27. The second-order valence-electron chi connectivity index (χ2n) is 9.05. The number of fused-ring (bicyclic) bond motifs is 3. The Morgan fingerprint density at radius 2 is 1.49 bits per heavy atom. The van der Waals surface area contributed by atoms with Crippen LogP contribution < -0.4 is 10.2 Å². The first-order valence-electron chi connectivity index (χ1n) is 11.8. The fraction of sp³-hybridized carbons (Fsp3) is 0.0667. The van der Waals surface area contributed by atoms with E-state index in [2.05, 4.69) is 0 Å². The van der Waals surface area contributed by atoms with Crippen LogP contribution in [0.25, 0.3) is 16.7 Å². The summed E-state index contributed by atoms with van der Waals surface area (Å²) in [5.41, 5.74) is 2.90. The summed E-state index contributed by atoms with van der Waals surface area (Å²) in [6.45, 7) is 1.80. The summed E-state index contributed by atoms with van der Waals surface area (Å²) in [5, 5.41) is 5.08. The van der Waals surface area contributed by atoms with Gasteiger partial charge in [-0.2, -0.15) is 5.10 Å². The standard InChI is InChI=1S/C30H18N2O5/c1-16-23-24(21-15-36-22-14-8-7-13-20(22)26(21)33)25-27(34)18-11-5-6-12-19(18)28(35)29(25)37-30(23)32(31-16)17-9-3-2-4-10-17/h2-15,24H,1H3. The summed E-state index contributed by atoms with van der Waals surface area (Å²) in [7, 11) is 0. The van der Waals surface area contributed by atoms with Crippen molar-refractivity contribution in [2.24, 2.45) is 0 Å². The van der Waals surface area contributed by atoms with Crippen molar-refractivity contribution in [1.82, 2.24) is 9.78 Å². The van der Waals surface area contributed by atoms with Gasteiger partial charge in [-0.1, -0.05) is 54.6 Å². The Bertz CT molecular complexity index is 1880. The molecule has 1 aliphatic carbocycles. The minimum atomic E-state index is -0.901. The molecule has 7 rings (SSSR count). The number of hydrogen-bond acceptors (Lipinski definition) is 6. The number of rotatable bonds is 2. The SMILES string of the molecule is Cc1nn(-c2ccccc2)c2c1C(c1coc3ccccc3c1=O)C1=C(O2)C(=O)c2ccccc2C1=O. The normalized spacial score (nSPS) is 16.3. The number of para-hydroxylation sites is 2. The monoisotopic (exact) mass is 486 g/mol. The van der Waals surface area contributed by atoms with Gasteiger partial charge in [-0.05, 0) is 31.2 Å². The van der Waals surface area contributed by atoms with Gasteiger partial charge in [-0.15, -0.1) is 0 Å². The highest BCUT2D eigenvalue weighted by atomic mass is 16.5. The molecule has 3 aromatic carbocycles. The Morgan fingerprint density at radius 1 is 0.811 bits per heavy atom. The number of aryl methyl sites for hydroxylation is 1. The number of carbonyl (C=O) groups excluding carboxylic acids is 2. The van der Waals surface area contributed by atoms with E-state index in [0.29, 0.717) is 28.1 Å². The van der Waals surface area contributed by atoms with E-state index in [1.807, 2.05) is 30.3 Å². The molecule has 0 spiro atoms. The average Bonchev–Trinajstić information content (AvgIpc) is 3.28. The summed E-state index contributed by atoms with van der Waals surface area (Å²) in [5.74, 6) is -1.47. The van der Waals surface area contributed by atoms with E-state index in [1.54, 1.807) is 60.1 Å². The van der Waals surface area contributed by atoms with Crippen molar-refractivity contribution in [2.75, 3.05) is 0 Å². The first-order valence-corrected chi connectivity index (χ1v) is 11.8. The van der Waals surface area contributed by atoms with E-state index in [9.17, 15) is 14.4 Å². The summed E-state index contributed by atoms with van der Waals surface area (Å²) in [4.78, 5) is 41.4. The second-order valence-corrected chi connectivity index (χ2v) is 9.05. The predicted molar refractivity (Wildman–Crippen MR) is 135 cm³/mol. The quantitative estimate of drug-likeness (QED) is 0.343. The molecule has 0 N–H and O–H groups in total. The Kier molecular flexibility index (Phi) is 4.44. The second kappa shape index (κ2) is 7.73. The average molecular weight is 486 g/mol. The van der Waals surface area contributed by atoms with Gasteiger partial charge >= 0.3 is 0 Å². The molecule has 0 amide bonds. The van der Waals surface area contributed by atoms with E-state index < -0.39 is 11.7 Å². The van der Waals surface area contributed by atoms with Crippen molar-refractivity contribution >= 4 is 22.5 Å². The van der Waals surface area contributed by atoms with Gasteiger partial charge in [0.25, 0.3) is 0 Å². The van der Waals surface area contributed by atoms with Crippen molar-refractivity contribution in [3.63, 3.8) is 0 Å². The third-order valence-corrected chi connectivity index (χ3v) is 6.97. The lowest BCUT2D eigenvalue weighted by atomic mass is 9.75. The fourth-order valence-corrected chi connectivity index (χ4v) is 5.27. The summed E-state index contributed by atoms with van der Waals surface area (Å²) in [6.07, 6.45) is 1.38. The highest BCUT2D eigenvalue weighted by Gasteiger charge is 2.46. The highest BCUT2D eigenvalue weighted by Crippen LogP contribution is 2.48. The smallest absolute Gasteiger partial charge is 0.229 e. The Labute approximate surface area is 210 Å². The molecule has 0 bridgehead atoms. The minimum Gasteiger partial charge on any atom is -0.464 e. The number of benzene rings is 3. The van der Waals surface area contributed by atoms with E-state index in [4.69, 9.17) is 14.3 Å². The van der Waals surface area contributed by atoms with Crippen LogP contribution in [0.2, 0.25) is 0 Å². The number of aromatic nitrogens is 2. The van der Waals surface area contributed by atoms with Gasteiger partial charge in [0, 0.05) is 16.7 Å². The molecule has 7 nitrogen and oxygen atoms in total. The van der Waals surface area contributed by atoms with Gasteiger partial charge in [0.1, 0.15) is 5.58 Å². The van der Waals surface area contributed by atoms with E-state index >= 15 is 0 Å². The zero-order valence-electron chi connectivity index (χ0n) is 19.6. The lowest BCUT2D eigenvalue weighted by Crippen LogP contribution is -2.33. The van der Waals surface area contributed by atoms with E-state index in [-0.39, 0.29) is 39.2 Å². The van der Waals surface area contributed by atoms with Crippen molar-refractivity contribution in [1.29, 1.82) is 0 Å². The summed E-state index contributed by atoms with van der Waals surface area (Å²) in [6, 6.07) is 22.9.